The van der Waals surface area contributed by atoms with E-state index >= 15 is 0 Å². The standard InChI is InChI=1S/C51H45BN2S/c1-31(2)34-27-41(32(3)4)51(42(28-34)33(5)6)52-43-29-35(53-45-19-11-7-15-37(45)38-16-8-12-20-46(38)53)23-25-49(43)55-50-26-24-36(30-44(50)52)54-47-21-13-9-17-39(47)40-18-10-14-22-48(40)54/h7-33H,1-6H3. The minimum Gasteiger partial charge on any atom is -0.309 e. The lowest BCUT2D eigenvalue weighted by Gasteiger charge is -2.33. The van der Waals surface area contributed by atoms with E-state index < -0.39 is 0 Å². The fraction of sp³-hybridized carbons (Fsp3) is 0.176. The Morgan fingerprint density at radius 1 is 0.418 bits per heavy atom. The number of fused-ring (bicyclic) bond motifs is 8. The summed E-state index contributed by atoms with van der Waals surface area (Å²) in [5.41, 5.74) is 16.0. The van der Waals surface area contributed by atoms with Crippen LogP contribution >= 0.6 is 11.8 Å². The lowest BCUT2D eigenvalue weighted by molar-refractivity contribution is 0.812. The van der Waals surface area contributed by atoms with Gasteiger partial charge in [-0.1, -0.05) is 155 Å². The molecule has 0 aliphatic carbocycles. The fourth-order valence-corrected chi connectivity index (χ4v) is 10.4. The Balaban J connectivity index is 1.28. The van der Waals surface area contributed by atoms with Gasteiger partial charge in [0.1, 0.15) is 0 Å². The molecule has 55 heavy (non-hydrogen) atoms. The van der Waals surface area contributed by atoms with Crippen molar-refractivity contribution in [2.24, 2.45) is 0 Å². The quantitative estimate of drug-likeness (QED) is 0.155. The van der Waals surface area contributed by atoms with Gasteiger partial charge in [0, 0.05) is 42.7 Å². The number of nitrogens with zero attached hydrogens (tertiary/aromatic N) is 2. The second kappa shape index (κ2) is 13.1. The van der Waals surface area contributed by atoms with E-state index in [2.05, 4.69) is 196 Å². The van der Waals surface area contributed by atoms with Gasteiger partial charge in [0.25, 0.3) is 0 Å². The van der Waals surface area contributed by atoms with E-state index in [4.69, 9.17) is 0 Å². The highest BCUT2D eigenvalue weighted by molar-refractivity contribution is 8.00. The van der Waals surface area contributed by atoms with Gasteiger partial charge in [-0.05, 0) is 95.1 Å². The van der Waals surface area contributed by atoms with Gasteiger partial charge in [-0.3, -0.25) is 0 Å². The van der Waals surface area contributed by atoms with Gasteiger partial charge in [0.15, 0.2) is 0 Å². The van der Waals surface area contributed by atoms with E-state index in [0.717, 1.165) is 0 Å². The van der Waals surface area contributed by atoms with Crippen molar-refractivity contribution in [3.63, 3.8) is 0 Å². The van der Waals surface area contributed by atoms with Crippen molar-refractivity contribution in [2.45, 2.75) is 69.1 Å². The van der Waals surface area contributed by atoms with E-state index in [1.165, 1.54) is 97.9 Å². The Kier molecular flexibility index (Phi) is 8.12. The highest BCUT2D eigenvalue weighted by Gasteiger charge is 2.36. The van der Waals surface area contributed by atoms with Crippen LogP contribution in [0.2, 0.25) is 0 Å². The van der Waals surface area contributed by atoms with Crippen molar-refractivity contribution >= 4 is 78.5 Å². The molecule has 1 aliphatic rings. The van der Waals surface area contributed by atoms with Gasteiger partial charge in [-0.25, -0.2) is 0 Å². The summed E-state index contributed by atoms with van der Waals surface area (Å²) in [7, 11) is 0. The molecular weight excluding hydrogens is 683 g/mol. The number of para-hydroxylation sites is 4. The van der Waals surface area contributed by atoms with Crippen LogP contribution in [0.4, 0.5) is 0 Å². The number of benzene rings is 7. The van der Waals surface area contributed by atoms with E-state index in [0.29, 0.717) is 17.8 Å². The first kappa shape index (κ1) is 34.1. The molecule has 10 rings (SSSR count). The number of hydrogen-bond acceptors (Lipinski definition) is 1. The molecule has 2 aromatic heterocycles. The highest BCUT2D eigenvalue weighted by atomic mass is 32.2. The molecule has 0 saturated carbocycles. The minimum absolute atomic E-state index is 0.0587. The second-order valence-corrected chi connectivity index (χ2v) is 17.4. The summed E-state index contributed by atoms with van der Waals surface area (Å²) in [6, 6.07) is 55.0. The third-order valence-electron chi connectivity index (χ3n) is 12.0. The summed E-state index contributed by atoms with van der Waals surface area (Å²) < 4.78 is 4.95. The van der Waals surface area contributed by atoms with Gasteiger partial charge in [-0.2, -0.15) is 0 Å². The van der Waals surface area contributed by atoms with Gasteiger partial charge in [0.2, 0.25) is 6.71 Å². The highest BCUT2D eigenvalue weighted by Crippen LogP contribution is 2.38. The molecule has 0 unspecified atom stereocenters. The van der Waals surface area contributed by atoms with E-state index in [1.54, 1.807) is 0 Å². The molecule has 2 nitrogen and oxygen atoms in total. The summed E-state index contributed by atoms with van der Waals surface area (Å²) in [6.45, 7) is 14.3. The summed E-state index contributed by atoms with van der Waals surface area (Å²) in [4.78, 5) is 2.67. The minimum atomic E-state index is 0.0587. The van der Waals surface area contributed by atoms with Gasteiger partial charge in [-0.15, -0.1) is 0 Å². The summed E-state index contributed by atoms with van der Waals surface area (Å²) >= 11 is 1.93. The summed E-state index contributed by atoms with van der Waals surface area (Å²) in [5.74, 6) is 1.19. The normalized spacial score (nSPS) is 12.9. The van der Waals surface area contributed by atoms with Crippen LogP contribution in [0.1, 0.15) is 76.0 Å². The zero-order valence-electron chi connectivity index (χ0n) is 32.5. The predicted molar refractivity (Wildman–Crippen MR) is 239 cm³/mol. The first-order valence-electron chi connectivity index (χ1n) is 19.9. The lowest BCUT2D eigenvalue weighted by atomic mass is 9.34. The predicted octanol–water partition coefficient (Wildman–Crippen LogP) is 12.2. The SMILES string of the molecule is CC(C)c1cc(C(C)C)c(B2c3cc(-n4c5ccccc5c5ccccc54)ccc3Sc3ccc(-n4c5ccccc5c5ccccc54)cc32)c(C(C)C)c1. The van der Waals surface area contributed by atoms with Crippen LogP contribution in [0, 0.1) is 0 Å². The van der Waals surface area contributed by atoms with E-state index in [9.17, 15) is 0 Å². The zero-order valence-corrected chi connectivity index (χ0v) is 33.3. The molecule has 0 N–H and O–H groups in total. The van der Waals surface area contributed by atoms with Crippen molar-refractivity contribution in [1.29, 1.82) is 0 Å². The van der Waals surface area contributed by atoms with Crippen LogP contribution in [0.5, 0.6) is 0 Å². The van der Waals surface area contributed by atoms with E-state index in [-0.39, 0.29) is 6.71 Å². The average molecular weight is 729 g/mol. The molecule has 0 bridgehead atoms. The van der Waals surface area contributed by atoms with Crippen molar-refractivity contribution in [3.05, 3.63) is 162 Å². The molecule has 9 aromatic rings. The number of hydrogen-bond donors (Lipinski definition) is 0. The third-order valence-corrected chi connectivity index (χ3v) is 13.2. The topological polar surface area (TPSA) is 9.86 Å². The lowest BCUT2D eigenvalue weighted by Crippen LogP contribution is -2.57. The third kappa shape index (κ3) is 5.33. The van der Waals surface area contributed by atoms with Crippen LogP contribution in [-0.2, 0) is 0 Å². The van der Waals surface area contributed by atoms with Gasteiger partial charge >= 0.3 is 0 Å². The first-order chi connectivity index (χ1) is 26.8. The monoisotopic (exact) mass is 728 g/mol. The molecule has 0 amide bonds. The molecule has 0 radical (unpaired) electrons. The van der Waals surface area contributed by atoms with Gasteiger partial charge < -0.3 is 9.13 Å². The van der Waals surface area contributed by atoms with Crippen LogP contribution in [-0.4, -0.2) is 15.8 Å². The maximum absolute atomic E-state index is 2.53. The molecule has 0 fully saturated rings. The Morgan fingerprint density at radius 2 is 0.782 bits per heavy atom. The van der Waals surface area contributed by atoms with Crippen LogP contribution in [0.25, 0.3) is 55.0 Å². The summed E-state index contributed by atoms with van der Waals surface area (Å²) in [5, 5.41) is 5.15. The van der Waals surface area contributed by atoms with Crippen molar-refractivity contribution in [1.82, 2.24) is 9.13 Å². The Morgan fingerprint density at radius 3 is 1.13 bits per heavy atom. The maximum Gasteiger partial charge on any atom is 0.245 e. The van der Waals surface area contributed by atoms with Crippen LogP contribution < -0.4 is 16.4 Å². The molecular formula is C51H45BN2S. The maximum atomic E-state index is 2.53. The van der Waals surface area contributed by atoms with Crippen LogP contribution in [0.3, 0.4) is 0 Å². The zero-order chi connectivity index (χ0) is 37.5. The molecule has 3 heterocycles. The Labute approximate surface area is 328 Å². The van der Waals surface area contributed by atoms with Crippen molar-refractivity contribution in [3.8, 4) is 11.4 Å². The fourth-order valence-electron chi connectivity index (χ4n) is 9.33. The molecule has 268 valence electrons. The number of aromatic nitrogens is 2. The molecule has 0 atom stereocenters. The Hall–Kier alpha value is -5.45. The summed E-state index contributed by atoms with van der Waals surface area (Å²) in [6.07, 6.45) is 0. The molecule has 1 aliphatic heterocycles. The average Bonchev–Trinajstić information content (AvgIpc) is 3.72. The van der Waals surface area contributed by atoms with Crippen molar-refractivity contribution in [2.75, 3.05) is 0 Å². The van der Waals surface area contributed by atoms with Crippen molar-refractivity contribution < 1.29 is 0 Å². The first-order valence-corrected chi connectivity index (χ1v) is 20.7. The number of rotatable bonds is 6. The molecule has 0 spiro atoms. The Bertz CT molecular complexity index is 2660. The molecule has 7 aromatic carbocycles. The molecule has 4 heteroatoms. The van der Waals surface area contributed by atoms with Crippen LogP contribution in [0.15, 0.2) is 155 Å². The largest absolute Gasteiger partial charge is 0.309 e. The van der Waals surface area contributed by atoms with E-state index in [1.807, 2.05) is 11.8 Å². The second-order valence-electron chi connectivity index (χ2n) is 16.3. The smallest absolute Gasteiger partial charge is 0.245 e. The molecule has 0 saturated heterocycles. The van der Waals surface area contributed by atoms with Gasteiger partial charge in [0.05, 0.1) is 22.1 Å².